The number of rotatable bonds is 6. The highest BCUT2D eigenvalue weighted by Crippen LogP contribution is 2.30. The molecule has 4 aromatic rings. The number of aryl methyl sites for hydroxylation is 4. The second-order valence-electron chi connectivity index (χ2n) is 8.19. The van der Waals surface area contributed by atoms with Crippen molar-refractivity contribution in [3.8, 4) is 17.0 Å². The van der Waals surface area contributed by atoms with Crippen molar-refractivity contribution in [2.75, 3.05) is 12.4 Å². The van der Waals surface area contributed by atoms with Crippen molar-refractivity contribution in [2.24, 2.45) is 0 Å². The van der Waals surface area contributed by atoms with Crippen molar-refractivity contribution in [1.29, 1.82) is 0 Å². The summed E-state index contributed by atoms with van der Waals surface area (Å²) in [5, 5.41) is 7.79. The summed E-state index contributed by atoms with van der Waals surface area (Å²) in [5.41, 5.74) is 8.56. The number of ether oxygens (including phenoxy) is 1. The molecule has 164 valence electrons. The minimum absolute atomic E-state index is 0.0101. The van der Waals surface area contributed by atoms with E-state index in [1.165, 1.54) is 0 Å². The zero-order chi connectivity index (χ0) is 22.8. The standard InChI is InChI=1S/C26H28N4O2/c1-16-12-17(2)14-20(13-16)28-26(31)11-10-21-18(3)27-25-15-23(29-30(25)19(21)4)22-8-6-7-9-24(22)32-5/h6-9,12-15H,10-11H2,1-5H3,(H,28,31). The van der Waals surface area contributed by atoms with Gasteiger partial charge < -0.3 is 10.1 Å². The van der Waals surface area contributed by atoms with Gasteiger partial charge in [-0.25, -0.2) is 9.50 Å². The number of methoxy groups -OCH3 is 1. The quantitative estimate of drug-likeness (QED) is 0.458. The summed E-state index contributed by atoms with van der Waals surface area (Å²) in [5.74, 6) is 0.762. The second-order valence-corrected chi connectivity index (χ2v) is 8.19. The Hall–Kier alpha value is -3.67. The monoisotopic (exact) mass is 428 g/mol. The molecule has 6 nitrogen and oxygen atoms in total. The van der Waals surface area contributed by atoms with E-state index in [-0.39, 0.29) is 5.91 Å². The van der Waals surface area contributed by atoms with Crippen molar-refractivity contribution in [2.45, 2.75) is 40.5 Å². The summed E-state index contributed by atoms with van der Waals surface area (Å²) in [4.78, 5) is 17.3. The van der Waals surface area contributed by atoms with E-state index in [4.69, 9.17) is 14.8 Å². The van der Waals surface area contributed by atoms with E-state index in [9.17, 15) is 4.79 Å². The second kappa shape index (κ2) is 8.83. The van der Waals surface area contributed by atoms with E-state index in [2.05, 4.69) is 11.4 Å². The molecule has 2 heterocycles. The van der Waals surface area contributed by atoms with Crippen LogP contribution in [0.2, 0.25) is 0 Å². The normalized spacial score (nSPS) is 11.0. The Morgan fingerprint density at radius 2 is 1.75 bits per heavy atom. The molecule has 0 bridgehead atoms. The first-order valence-electron chi connectivity index (χ1n) is 10.7. The lowest BCUT2D eigenvalue weighted by Gasteiger charge is -2.12. The van der Waals surface area contributed by atoms with Crippen molar-refractivity contribution < 1.29 is 9.53 Å². The maximum atomic E-state index is 12.6. The fraction of sp³-hybridized carbons (Fsp3) is 0.269. The number of carbonyl (C=O) groups excluding carboxylic acids is 1. The zero-order valence-corrected chi connectivity index (χ0v) is 19.2. The van der Waals surface area contributed by atoms with Crippen LogP contribution in [0.5, 0.6) is 5.75 Å². The van der Waals surface area contributed by atoms with Crippen molar-refractivity contribution >= 4 is 17.2 Å². The molecule has 32 heavy (non-hydrogen) atoms. The molecule has 0 aliphatic rings. The van der Waals surface area contributed by atoms with E-state index in [1.807, 2.05) is 74.7 Å². The number of hydrogen-bond acceptors (Lipinski definition) is 4. The smallest absolute Gasteiger partial charge is 0.224 e. The van der Waals surface area contributed by atoms with Gasteiger partial charge in [-0.15, -0.1) is 0 Å². The van der Waals surface area contributed by atoms with E-state index in [0.29, 0.717) is 12.8 Å². The maximum absolute atomic E-state index is 12.6. The van der Waals surface area contributed by atoms with Gasteiger partial charge in [-0.05, 0) is 75.1 Å². The number of aromatic nitrogens is 3. The highest BCUT2D eigenvalue weighted by Gasteiger charge is 2.16. The van der Waals surface area contributed by atoms with Crippen LogP contribution < -0.4 is 10.1 Å². The minimum Gasteiger partial charge on any atom is -0.496 e. The summed E-state index contributed by atoms with van der Waals surface area (Å²) in [6.45, 7) is 8.07. The highest BCUT2D eigenvalue weighted by atomic mass is 16.5. The van der Waals surface area contributed by atoms with Crippen molar-refractivity contribution in [1.82, 2.24) is 14.6 Å². The van der Waals surface area contributed by atoms with Crippen LogP contribution >= 0.6 is 0 Å². The van der Waals surface area contributed by atoms with Crippen LogP contribution in [0.25, 0.3) is 16.9 Å². The van der Waals surface area contributed by atoms with Crippen molar-refractivity contribution in [3.05, 3.63) is 76.6 Å². The molecule has 0 fully saturated rings. The Morgan fingerprint density at radius 1 is 1.03 bits per heavy atom. The van der Waals surface area contributed by atoms with Gasteiger partial charge in [-0.3, -0.25) is 4.79 Å². The largest absolute Gasteiger partial charge is 0.496 e. The lowest BCUT2D eigenvalue weighted by molar-refractivity contribution is -0.116. The summed E-state index contributed by atoms with van der Waals surface area (Å²) < 4.78 is 7.34. The van der Waals surface area contributed by atoms with Crippen LogP contribution in [0.4, 0.5) is 5.69 Å². The lowest BCUT2D eigenvalue weighted by Crippen LogP contribution is -2.14. The average molecular weight is 429 g/mol. The summed E-state index contributed by atoms with van der Waals surface area (Å²) in [6, 6.07) is 15.8. The number of fused-ring (bicyclic) bond motifs is 1. The maximum Gasteiger partial charge on any atom is 0.224 e. The Morgan fingerprint density at radius 3 is 2.47 bits per heavy atom. The first-order chi connectivity index (χ1) is 15.4. The molecule has 0 saturated carbocycles. The number of benzene rings is 2. The Kier molecular flexibility index (Phi) is 5.95. The molecule has 2 aromatic carbocycles. The molecule has 0 radical (unpaired) electrons. The molecule has 4 rings (SSSR count). The van der Waals surface area contributed by atoms with E-state index < -0.39 is 0 Å². The third-order valence-corrected chi connectivity index (χ3v) is 5.65. The summed E-state index contributed by atoms with van der Waals surface area (Å²) in [6.07, 6.45) is 0.976. The van der Waals surface area contributed by atoms with Gasteiger partial charge in [0.05, 0.1) is 12.8 Å². The Balaban J connectivity index is 1.57. The van der Waals surface area contributed by atoms with Gasteiger partial charge in [-0.1, -0.05) is 18.2 Å². The average Bonchev–Trinajstić information content (AvgIpc) is 3.16. The summed E-state index contributed by atoms with van der Waals surface area (Å²) >= 11 is 0. The first kappa shape index (κ1) is 21.6. The van der Waals surface area contributed by atoms with Gasteiger partial charge in [0.2, 0.25) is 5.91 Å². The number of anilines is 1. The molecule has 0 unspecified atom stereocenters. The minimum atomic E-state index is -0.0101. The molecule has 1 amide bonds. The first-order valence-corrected chi connectivity index (χ1v) is 10.7. The van der Waals surface area contributed by atoms with Crippen LogP contribution in [0.3, 0.4) is 0 Å². The topological polar surface area (TPSA) is 68.5 Å². The van der Waals surface area contributed by atoms with Gasteiger partial charge in [0.1, 0.15) is 5.75 Å². The van der Waals surface area contributed by atoms with Crippen molar-refractivity contribution in [3.63, 3.8) is 0 Å². The molecule has 0 atom stereocenters. The molecule has 0 aliphatic heterocycles. The molecule has 0 spiro atoms. The van der Waals surface area contributed by atoms with E-state index in [0.717, 1.165) is 56.4 Å². The van der Waals surface area contributed by atoms with E-state index >= 15 is 0 Å². The van der Waals surface area contributed by atoms with Gasteiger partial charge in [0.15, 0.2) is 5.65 Å². The van der Waals surface area contributed by atoms with Crippen LogP contribution in [0.1, 0.15) is 34.5 Å². The lowest BCUT2D eigenvalue weighted by atomic mass is 10.1. The number of hydrogen-bond donors (Lipinski definition) is 1. The third-order valence-electron chi connectivity index (χ3n) is 5.65. The van der Waals surface area contributed by atoms with Crippen LogP contribution in [0.15, 0.2) is 48.5 Å². The number of carbonyl (C=O) groups is 1. The molecule has 1 N–H and O–H groups in total. The molecule has 6 heteroatoms. The van der Waals surface area contributed by atoms with Gasteiger partial charge >= 0.3 is 0 Å². The zero-order valence-electron chi connectivity index (χ0n) is 19.2. The Labute approximate surface area is 188 Å². The number of amides is 1. The summed E-state index contributed by atoms with van der Waals surface area (Å²) in [7, 11) is 1.66. The Bertz CT molecular complexity index is 1290. The van der Waals surface area contributed by atoms with Gasteiger partial charge in [0, 0.05) is 35.1 Å². The molecular formula is C26H28N4O2. The van der Waals surface area contributed by atoms with Crippen LogP contribution in [0, 0.1) is 27.7 Å². The highest BCUT2D eigenvalue weighted by molar-refractivity contribution is 5.91. The van der Waals surface area contributed by atoms with Crippen LogP contribution in [-0.2, 0) is 11.2 Å². The number of nitrogens with zero attached hydrogens (tertiary/aromatic N) is 3. The predicted octanol–water partition coefficient (Wildman–Crippen LogP) is 5.21. The molecule has 0 aliphatic carbocycles. The SMILES string of the molecule is COc1ccccc1-c1cc2nc(C)c(CCC(=O)Nc3cc(C)cc(C)c3)c(C)n2n1. The molecule has 0 saturated heterocycles. The van der Waals surface area contributed by atoms with Gasteiger partial charge in [0.25, 0.3) is 0 Å². The number of nitrogens with one attached hydrogen (secondary N) is 1. The van der Waals surface area contributed by atoms with Gasteiger partial charge in [-0.2, -0.15) is 5.10 Å². The predicted molar refractivity (Wildman–Crippen MR) is 127 cm³/mol. The fourth-order valence-electron chi connectivity index (χ4n) is 4.19. The van der Waals surface area contributed by atoms with E-state index in [1.54, 1.807) is 7.11 Å². The fourth-order valence-corrected chi connectivity index (χ4v) is 4.19. The van der Waals surface area contributed by atoms with Crippen LogP contribution in [-0.4, -0.2) is 27.6 Å². The molecule has 2 aromatic heterocycles. The third kappa shape index (κ3) is 4.35. The molecular weight excluding hydrogens is 400 g/mol. The number of para-hydroxylation sites is 1.